The number of aromatic nitrogens is 1. The van der Waals surface area contributed by atoms with E-state index in [4.69, 9.17) is 23.2 Å². The third-order valence-electron chi connectivity index (χ3n) is 8.45. The molecule has 37 heavy (non-hydrogen) atoms. The lowest BCUT2D eigenvalue weighted by Gasteiger charge is -2.41. The van der Waals surface area contributed by atoms with E-state index < -0.39 is 11.7 Å². The first-order chi connectivity index (χ1) is 17.5. The molecule has 0 unspecified atom stereocenters. The molecule has 3 aromatic rings. The molecule has 0 spiro atoms. The van der Waals surface area contributed by atoms with Crippen LogP contribution in [0.5, 0.6) is 0 Å². The summed E-state index contributed by atoms with van der Waals surface area (Å²) in [7, 11) is 1.74. The van der Waals surface area contributed by atoms with E-state index in [2.05, 4.69) is 18.1 Å². The lowest BCUT2D eigenvalue weighted by Crippen LogP contribution is -2.36. The largest absolute Gasteiger partial charge is 0.416 e. The summed E-state index contributed by atoms with van der Waals surface area (Å²) in [5, 5.41) is 1.63. The van der Waals surface area contributed by atoms with Crippen molar-refractivity contribution >= 4 is 45.4 Å². The average molecular weight is 547 g/mol. The molecule has 7 heteroatoms. The highest BCUT2D eigenvalue weighted by Gasteiger charge is 2.33. The van der Waals surface area contributed by atoms with Crippen LogP contribution in [0.15, 0.2) is 43.5 Å². The van der Waals surface area contributed by atoms with Gasteiger partial charge in [-0.1, -0.05) is 55.6 Å². The number of fused-ring (bicyclic) bond motifs is 1. The van der Waals surface area contributed by atoms with Gasteiger partial charge in [-0.2, -0.15) is 13.2 Å². The average Bonchev–Trinajstić information content (AvgIpc) is 3.14. The molecule has 2 fully saturated rings. The number of halogens is 5. The topological polar surface area (TPSA) is 8.17 Å². The molecule has 0 radical (unpaired) electrons. The maximum atomic E-state index is 13.4. The van der Waals surface area contributed by atoms with Gasteiger partial charge in [0.25, 0.3) is 0 Å². The summed E-state index contributed by atoms with van der Waals surface area (Å²) in [5.41, 5.74) is 3.81. The first kappa shape index (κ1) is 26.2. The molecule has 1 aliphatic carbocycles. The third kappa shape index (κ3) is 4.70. The zero-order valence-electron chi connectivity index (χ0n) is 21.2. The van der Waals surface area contributed by atoms with Crippen molar-refractivity contribution in [1.82, 2.24) is 9.47 Å². The Balaban J connectivity index is 1.46. The molecule has 1 saturated heterocycles. The normalized spacial score (nSPS) is 17.3. The van der Waals surface area contributed by atoms with Crippen LogP contribution in [0.1, 0.15) is 60.1 Å². The number of piperidine rings is 1. The number of rotatable bonds is 5. The van der Waals surface area contributed by atoms with Crippen molar-refractivity contribution in [1.29, 1.82) is 0 Å². The number of hydrogen-bond donors (Lipinski definition) is 0. The zero-order chi connectivity index (χ0) is 26.6. The van der Waals surface area contributed by atoms with Crippen LogP contribution < -0.4 is 0 Å². The molecule has 196 valence electrons. The van der Waals surface area contributed by atoms with Gasteiger partial charge in [-0.05, 0) is 67.5 Å². The fourth-order valence-electron chi connectivity index (χ4n) is 5.96. The monoisotopic (exact) mass is 546 g/mol. The van der Waals surface area contributed by atoms with Crippen LogP contribution in [0.25, 0.3) is 22.2 Å². The van der Waals surface area contributed by atoms with Crippen LogP contribution in [0.2, 0.25) is 10.0 Å². The number of hydrogen-bond acceptors (Lipinski definition) is 1. The van der Waals surface area contributed by atoms with E-state index in [-0.39, 0.29) is 0 Å². The molecule has 2 aromatic carbocycles. The van der Waals surface area contributed by atoms with Gasteiger partial charge in [-0.15, -0.1) is 0 Å². The fourth-order valence-corrected chi connectivity index (χ4v) is 6.67. The molecular weight excluding hydrogens is 516 g/mol. The molecule has 0 amide bonds. The Kier molecular flexibility index (Phi) is 6.91. The van der Waals surface area contributed by atoms with Gasteiger partial charge in [0, 0.05) is 64.2 Å². The molecule has 0 atom stereocenters. The molecule has 5 rings (SSSR count). The first-order valence-corrected chi connectivity index (χ1v) is 13.5. The summed E-state index contributed by atoms with van der Waals surface area (Å²) < 4.78 is 42.1. The molecule has 2 aliphatic rings. The number of likely N-dealkylation sites (tertiary alicyclic amines) is 1. The Hall–Kier alpha value is -2.37. The smallest absolute Gasteiger partial charge is 0.371 e. The van der Waals surface area contributed by atoms with Gasteiger partial charge in [0.2, 0.25) is 0 Å². The Morgan fingerprint density at radius 1 is 0.973 bits per heavy atom. The molecule has 0 N–H and O–H groups in total. The second kappa shape index (κ2) is 9.74. The van der Waals surface area contributed by atoms with Crippen LogP contribution in [0, 0.1) is 18.8 Å². The van der Waals surface area contributed by atoms with E-state index in [1.165, 1.54) is 44.2 Å². The molecule has 2 nitrogen and oxygen atoms in total. The molecule has 1 aliphatic heterocycles. The SMILES string of the molecule is C=C(c1c(Cl)ccc(C(=C)N2CCC(C3CCC3)CC2)c1Cl)c1cc2c(C)cc(C(F)(F)F)cc2n1C. The molecule has 1 aromatic heterocycles. The van der Waals surface area contributed by atoms with E-state index in [1.54, 1.807) is 24.6 Å². The summed E-state index contributed by atoms with van der Waals surface area (Å²) in [4.78, 5) is 2.30. The lowest BCUT2D eigenvalue weighted by atomic mass is 9.72. The lowest BCUT2D eigenvalue weighted by molar-refractivity contribution is -0.137. The molecular formula is C30H31Cl2F3N2. The van der Waals surface area contributed by atoms with E-state index in [1.807, 2.05) is 12.1 Å². The second-order valence-electron chi connectivity index (χ2n) is 10.5. The summed E-state index contributed by atoms with van der Waals surface area (Å²) in [6.07, 6.45) is 2.02. The summed E-state index contributed by atoms with van der Waals surface area (Å²) in [6.45, 7) is 12.2. The maximum Gasteiger partial charge on any atom is 0.416 e. The van der Waals surface area contributed by atoms with Gasteiger partial charge in [0.05, 0.1) is 10.6 Å². The minimum Gasteiger partial charge on any atom is -0.371 e. The highest BCUT2D eigenvalue weighted by atomic mass is 35.5. The van der Waals surface area contributed by atoms with Gasteiger partial charge in [-0.25, -0.2) is 0 Å². The second-order valence-corrected chi connectivity index (χ2v) is 11.3. The van der Waals surface area contributed by atoms with E-state index in [0.717, 1.165) is 41.6 Å². The van der Waals surface area contributed by atoms with E-state index in [0.29, 0.717) is 38.0 Å². The fraction of sp³-hybridized carbons (Fsp3) is 0.400. The van der Waals surface area contributed by atoms with Gasteiger partial charge in [0.1, 0.15) is 0 Å². The van der Waals surface area contributed by atoms with Crippen LogP contribution >= 0.6 is 23.2 Å². The summed E-state index contributed by atoms with van der Waals surface area (Å²) in [5.74, 6) is 1.70. The molecule has 1 saturated carbocycles. The minimum atomic E-state index is -4.42. The van der Waals surface area contributed by atoms with Crippen molar-refractivity contribution in [3.8, 4) is 0 Å². The number of aryl methyl sites for hydroxylation is 2. The highest BCUT2D eigenvalue weighted by Crippen LogP contribution is 2.43. The number of nitrogens with zero attached hydrogens (tertiary/aromatic N) is 2. The first-order valence-electron chi connectivity index (χ1n) is 12.8. The Morgan fingerprint density at radius 2 is 1.62 bits per heavy atom. The Labute approximate surface area is 226 Å². The van der Waals surface area contributed by atoms with Crippen molar-refractivity contribution in [3.63, 3.8) is 0 Å². The van der Waals surface area contributed by atoms with Crippen LogP contribution in [-0.4, -0.2) is 22.6 Å². The van der Waals surface area contributed by atoms with Gasteiger partial charge in [-0.3, -0.25) is 0 Å². The predicted octanol–water partition coefficient (Wildman–Crippen LogP) is 9.36. The standard InChI is InChI=1S/C30H31Cl2F3N2/c1-17-14-22(30(33,34)35)15-27-24(17)16-26(36(27)4)18(2)28-25(31)9-8-23(29(28)32)19(3)37-12-10-21(11-13-37)20-6-5-7-20/h8-9,14-16,20-21H,2-3,5-7,10-13H2,1,4H3. The quantitative estimate of drug-likeness (QED) is 0.309. The van der Waals surface area contributed by atoms with Crippen LogP contribution in [-0.2, 0) is 13.2 Å². The highest BCUT2D eigenvalue weighted by molar-refractivity contribution is 6.39. The van der Waals surface area contributed by atoms with Crippen molar-refractivity contribution in [2.45, 2.75) is 45.2 Å². The van der Waals surface area contributed by atoms with Crippen LogP contribution in [0.3, 0.4) is 0 Å². The predicted molar refractivity (Wildman–Crippen MR) is 148 cm³/mol. The summed E-state index contributed by atoms with van der Waals surface area (Å²) >= 11 is 13.6. The molecule has 2 heterocycles. The maximum absolute atomic E-state index is 13.4. The van der Waals surface area contributed by atoms with Crippen molar-refractivity contribution in [2.24, 2.45) is 18.9 Å². The van der Waals surface area contributed by atoms with E-state index >= 15 is 0 Å². The molecule has 0 bridgehead atoms. The van der Waals surface area contributed by atoms with Crippen molar-refractivity contribution in [2.75, 3.05) is 13.1 Å². The van der Waals surface area contributed by atoms with Gasteiger partial charge < -0.3 is 9.47 Å². The summed E-state index contributed by atoms with van der Waals surface area (Å²) in [6, 6.07) is 7.89. The number of benzene rings is 2. The minimum absolute atomic E-state index is 0.438. The van der Waals surface area contributed by atoms with Crippen molar-refractivity contribution < 1.29 is 13.2 Å². The van der Waals surface area contributed by atoms with Gasteiger partial charge in [0.15, 0.2) is 0 Å². The third-order valence-corrected chi connectivity index (χ3v) is 9.15. The number of alkyl halides is 3. The van der Waals surface area contributed by atoms with Crippen molar-refractivity contribution in [3.05, 3.63) is 81.5 Å². The van der Waals surface area contributed by atoms with Gasteiger partial charge >= 0.3 is 6.18 Å². The van der Waals surface area contributed by atoms with Crippen LogP contribution in [0.4, 0.5) is 13.2 Å². The zero-order valence-corrected chi connectivity index (χ0v) is 22.7. The van der Waals surface area contributed by atoms with E-state index in [9.17, 15) is 13.2 Å². The Morgan fingerprint density at radius 3 is 2.22 bits per heavy atom. The Bertz CT molecular complexity index is 1390.